The number of hydrogen-bond acceptors (Lipinski definition) is 7. The molecule has 1 unspecified atom stereocenters. The fraction of sp³-hybridized carbons (Fsp3) is 0.412. The van der Waals surface area contributed by atoms with Crippen LogP contribution in [-0.4, -0.2) is 42.6 Å². The van der Waals surface area contributed by atoms with Gasteiger partial charge in [-0.15, -0.1) is 5.10 Å². The number of nitrogens with zero attached hydrogens (tertiary/aromatic N) is 5. The first-order valence-corrected chi connectivity index (χ1v) is 9.37. The van der Waals surface area contributed by atoms with Crippen LogP contribution in [0, 0.1) is 10.1 Å². The normalized spacial score (nSPS) is 12.8. The Morgan fingerprint density at radius 3 is 2.65 bits per heavy atom. The summed E-state index contributed by atoms with van der Waals surface area (Å²) in [6, 6.07) is 6.26. The van der Waals surface area contributed by atoms with Crippen LogP contribution in [0.1, 0.15) is 43.1 Å². The highest BCUT2D eigenvalue weighted by atomic mass is 32.1. The Hall–Kier alpha value is -2.52. The Balaban J connectivity index is 2.15. The Bertz CT molecular complexity index is 932. The average molecular weight is 375 g/mol. The van der Waals surface area contributed by atoms with E-state index in [1.54, 1.807) is 12.1 Å². The molecule has 8 nitrogen and oxygen atoms in total. The van der Waals surface area contributed by atoms with E-state index in [1.807, 2.05) is 26.8 Å². The van der Waals surface area contributed by atoms with Crippen LogP contribution in [0.3, 0.4) is 0 Å². The molecule has 2 heterocycles. The Kier molecular flexibility index (Phi) is 5.19. The van der Waals surface area contributed by atoms with Gasteiger partial charge in [-0.05, 0) is 18.7 Å². The molecular weight excluding hydrogens is 354 g/mol. The molecule has 0 radical (unpaired) electrons. The second-order valence-electron chi connectivity index (χ2n) is 5.84. The Morgan fingerprint density at radius 2 is 2.08 bits per heavy atom. The quantitative estimate of drug-likeness (QED) is 0.502. The van der Waals surface area contributed by atoms with Gasteiger partial charge >= 0.3 is 0 Å². The van der Waals surface area contributed by atoms with E-state index in [-0.39, 0.29) is 17.6 Å². The fourth-order valence-electron chi connectivity index (χ4n) is 3.04. The highest BCUT2D eigenvalue weighted by Gasteiger charge is 2.29. The molecule has 0 amide bonds. The number of non-ortho nitro benzene ring substituents is 1. The van der Waals surface area contributed by atoms with Crippen LogP contribution in [-0.2, 0) is 6.42 Å². The number of nitro groups is 1. The summed E-state index contributed by atoms with van der Waals surface area (Å²) in [4.78, 5) is 18.7. The van der Waals surface area contributed by atoms with Gasteiger partial charge in [-0.25, -0.2) is 4.98 Å². The van der Waals surface area contributed by atoms with Gasteiger partial charge in [0, 0.05) is 18.6 Å². The van der Waals surface area contributed by atoms with E-state index in [9.17, 15) is 15.2 Å². The first kappa shape index (κ1) is 18.3. The first-order valence-electron chi connectivity index (χ1n) is 8.55. The number of aryl methyl sites for hydroxylation is 1. The van der Waals surface area contributed by atoms with Gasteiger partial charge < -0.3 is 5.11 Å². The molecule has 9 heteroatoms. The summed E-state index contributed by atoms with van der Waals surface area (Å²) in [6.07, 6.45) is 0.688. The molecule has 3 aromatic rings. The number of rotatable bonds is 7. The van der Waals surface area contributed by atoms with Gasteiger partial charge in [0.2, 0.25) is 10.8 Å². The molecule has 0 spiro atoms. The van der Waals surface area contributed by atoms with Crippen LogP contribution in [0.5, 0.6) is 5.88 Å². The average Bonchev–Trinajstić information content (AvgIpc) is 3.18. The predicted octanol–water partition coefficient (Wildman–Crippen LogP) is 3.40. The maximum absolute atomic E-state index is 11.2. The molecule has 1 N–H and O–H groups in total. The summed E-state index contributed by atoms with van der Waals surface area (Å²) in [6.45, 7) is 7.47. The number of hydrogen-bond donors (Lipinski definition) is 1. The Labute approximate surface area is 154 Å². The molecule has 26 heavy (non-hydrogen) atoms. The van der Waals surface area contributed by atoms with Crippen LogP contribution >= 0.6 is 11.3 Å². The molecular formula is C17H21N5O3S. The Morgan fingerprint density at radius 1 is 1.35 bits per heavy atom. The summed E-state index contributed by atoms with van der Waals surface area (Å²) in [7, 11) is 0. The van der Waals surface area contributed by atoms with Gasteiger partial charge in [0.15, 0.2) is 5.82 Å². The maximum Gasteiger partial charge on any atom is 0.269 e. The van der Waals surface area contributed by atoms with Gasteiger partial charge in [-0.3, -0.25) is 15.0 Å². The number of benzene rings is 1. The molecule has 1 aromatic carbocycles. The third-order valence-electron chi connectivity index (χ3n) is 4.38. The largest absolute Gasteiger partial charge is 0.492 e. The molecule has 3 rings (SSSR count). The van der Waals surface area contributed by atoms with Crippen molar-refractivity contribution in [1.29, 1.82) is 0 Å². The number of aromatic nitrogens is 3. The third-order valence-corrected chi connectivity index (χ3v) is 5.45. The zero-order chi connectivity index (χ0) is 18.8. The molecule has 0 aliphatic rings. The van der Waals surface area contributed by atoms with E-state index in [2.05, 4.69) is 15.0 Å². The van der Waals surface area contributed by atoms with Crippen LogP contribution in [0.2, 0.25) is 0 Å². The van der Waals surface area contributed by atoms with Crippen molar-refractivity contribution in [1.82, 2.24) is 19.5 Å². The van der Waals surface area contributed by atoms with Crippen LogP contribution in [0.4, 0.5) is 5.69 Å². The zero-order valence-corrected chi connectivity index (χ0v) is 15.7. The second-order valence-corrected chi connectivity index (χ2v) is 6.85. The van der Waals surface area contributed by atoms with Crippen molar-refractivity contribution in [3.63, 3.8) is 0 Å². The highest BCUT2D eigenvalue weighted by molar-refractivity contribution is 7.17. The second kappa shape index (κ2) is 7.38. The van der Waals surface area contributed by atoms with Crippen LogP contribution in [0.15, 0.2) is 24.3 Å². The standard InChI is InChI=1S/C17H21N5O3S/c1-4-13-18-17-21(19-13)16(23)15(26-17)14(20(5-2)6-3)11-8-7-9-12(10-11)22(24)25/h7-10,14,23H,4-6H2,1-3H3. The first-order chi connectivity index (χ1) is 12.5. The summed E-state index contributed by atoms with van der Waals surface area (Å²) < 4.78 is 1.45. The summed E-state index contributed by atoms with van der Waals surface area (Å²) >= 11 is 1.36. The molecule has 0 aliphatic heterocycles. The van der Waals surface area contributed by atoms with Crippen molar-refractivity contribution in [2.45, 2.75) is 33.2 Å². The van der Waals surface area contributed by atoms with E-state index < -0.39 is 4.92 Å². The number of nitro benzene ring substituents is 1. The number of thiazole rings is 1. The lowest BCUT2D eigenvalue weighted by Crippen LogP contribution is -2.29. The van der Waals surface area contributed by atoms with E-state index in [0.29, 0.717) is 22.1 Å². The molecule has 0 saturated carbocycles. The van der Waals surface area contributed by atoms with E-state index >= 15 is 0 Å². The fourth-order valence-corrected chi connectivity index (χ4v) is 4.18. The van der Waals surface area contributed by atoms with Gasteiger partial charge in [-0.2, -0.15) is 4.52 Å². The van der Waals surface area contributed by atoms with Crippen molar-refractivity contribution in [2.24, 2.45) is 0 Å². The summed E-state index contributed by atoms with van der Waals surface area (Å²) in [5.74, 6) is 0.716. The molecule has 2 aromatic heterocycles. The minimum atomic E-state index is -0.404. The molecule has 138 valence electrons. The van der Waals surface area contributed by atoms with Gasteiger partial charge in [-0.1, -0.05) is 44.2 Å². The SMILES string of the molecule is CCc1nc2sc(C(c3cccc([N+](=O)[O-])c3)N(CC)CC)c(O)n2n1. The lowest BCUT2D eigenvalue weighted by molar-refractivity contribution is -0.384. The molecule has 0 fully saturated rings. The monoisotopic (exact) mass is 375 g/mol. The van der Waals surface area contributed by atoms with Gasteiger partial charge in [0.05, 0.1) is 15.8 Å². The molecule has 0 aliphatic carbocycles. The highest BCUT2D eigenvalue weighted by Crippen LogP contribution is 2.40. The van der Waals surface area contributed by atoms with Crippen molar-refractivity contribution >= 4 is 22.0 Å². The lowest BCUT2D eigenvalue weighted by Gasteiger charge is -2.29. The van der Waals surface area contributed by atoms with Crippen LogP contribution in [0.25, 0.3) is 4.96 Å². The minimum Gasteiger partial charge on any atom is -0.492 e. The van der Waals surface area contributed by atoms with Crippen molar-refractivity contribution in [3.05, 3.63) is 50.6 Å². The zero-order valence-electron chi connectivity index (χ0n) is 14.9. The summed E-state index contributed by atoms with van der Waals surface area (Å²) in [5, 5.41) is 26.3. The third kappa shape index (κ3) is 3.15. The van der Waals surface area contributed by atoms with Crippen molar-refractivity contribution < 1.29 is 10.0 Å². The van der Waals surface area contributed by atoms with Crippen LogP contribution < -0.4 is 0 Å². The summed E-state index contributed by atoms with van der Waals surface area (Å²) in [5.41, 5.74) is 0.797. The number of fused-ring (bicyclic) bond motifs is 1. The topological polar surface area (TPSA) is 96.8 Å². The maximum atomic E-state index is 11.2. The van der Waals surface area contributed by atoms with E-state index in [1.165, 1.54) is 21.9 Å². The lowest BCUT2D eigenvalue weighted by atomic mass is 10.0. The number of aromatic hydroxyl groups is 1. The van der Waals surface area contributed by atoms with E-state index in [0.717, 1.165) is 18.7 Å². The smallest absolute Gasteiger partial charge is 0.269 e. The molecule has 0 saturated heterocycles. The van der Waals surface area contributed by atoms with Crippen molar-refractivity contribution in [3.8, 4) is 5.88 Å². The van der Waals surface area contributed by atoms with Crippen molar-refractivity contribution in [2.75, 3.05) is 13.1 Å². The molecule has 0 bridgehead atoms. The van der Waals surface area contributed by atoms with Gasteiger partial charge in [0.25, 0.3) is 5.69 Å². The minimum absolute atomic E-state index is 0.0341. The predicted molar refractivity (Wildman–Crippen MR) is 99.8 cm³/mol. The van der Waals surface area contributed by atoms with Gasteiger partial charge in [0.1, 0.15) is 0 Å². The molecule has 1 atom stereocenters. The van der Waals surface area contributed by atoms with E-state index in [4.69, 9.17) is 0 Å².